The number of allylic oxidation sites excluding steroid dienone is 1. The third kappa shape index (κ3) is 6.62. The van der Waals surface area contributed by atoms with Crippen LogP contribution in [0.2, 0.25) is 0 Å². The predicted octanol–water partition coefficient (Wildman–Crippen LogP) is 9.52. The molecule has 0 heterocycles. The van der Waals surface area contributed by atoms with E-state index in [1.165, 1.54) is 31.3 Å². The lowest BCUT2D eigenvalue weighted by molar-refractivity contribution is -0.246. The molecule has 6 aliphatic rings. The van der Waals surface area contributed by atoms with E-state index in [-0.39, 0.29) is 56.8 Å². The summed E-state index contributed by atoms with van der Waals surface area (Å²) < 4.78 is 0. The Hall–Kier alpha value is -2.67. The molecule has 4 unspecified atom stereocenters. The van der Waals surface area contributed by atoms with E-state index in [0.717, 1.165) is 76.2 Å². The van der Waals surface area contributed by atoms with Gasteiger partial charge in [-0.1, -0.05) is 78.2 Å². The number of carbonyl (C=O) groups is 3. The number of carbonyl (C=O) groups excluding carboxylic acids is 2. The number of aliphatic carboxylic acids is 1. The second-order valence-corrected chi connectivity index (χ2v) is 21.2. The van der Waals surface area contributed by atoms with Gasteiger partial charge in [0.05, 0.1) is 17.9 Å². The van der Waals surface area contributed by atoms with E-state index in [9.17, 15) is 24.6 Å². The molecule has 6 fully saturated rings. The summed E-state index contributed by atoms with van der Waals surface area (Å²) in [6.45, 7) is 20.1. The number of hydrogen-bond donors (Lipinski definition) is 4. The highest BCUT2D eigenvalue weighted by atomic mass is 16.4. The first-order valence-corrected chi connectivity index (χ1v) is 22.1. The van der Waals surface area contributed by atoms with Crippen molar-refractivity contribution in [1.82, 2.24) is 10.6 Å². The maximum atomic E-state index is 14.7. The van der Waals surface area contributed by atoms with Crippen molar-refractivity contribution in [3.05, 3.63) is 47.5 Å². The number of nitrogens with one attached hydrogen (secondary N) is 2. The Labute approximate surface area is 331 Å². The Morgan fingerprint density at radius 1 is 0.818 bits per heavy atom. The zero-order valence-corrected chi connectivity index (χ0v) is 35.0. The molecule has 6 aliphatic carbocycles. The smallest absolute Gasteiger partial charge is 0.303 e. The molecule has 6 saturated carbocycles. The minimum Gasteiger partial charge on any atom is -0.481 e. The molecule has 0 radical (unpaired) electrons. The van der Waals surface area contributed by atoms with Gasteiger partial charge in [0.25, 0.3) is 5.91 Å². The van der Waals surface area contributed by atoms with Gasteiger partial charge in [0.1, 0.15) is 0 Å². The Morgan fingerprint density at radius 3 is 2.27 bits per heavy atom. The standard InChI is InChI=1S/C48H72N2O5/c1-31(2)34-16-24-48(42(55)49-27-19-32-12-11-13-33(28-32)41(54)50-30-47(29-39(52)53)20-9-8-10-21-47)26-25-45(6)35(40(34)48)14-15-37-44(5)22-18-38(51)43(3,4)36(44)17-23-46(37,45)7/h11-13,28,34-38,40,51H,1,8-10,14-27,29-30H2,2-7H3,(H,49,55)(H,50,54)(H,52,53)/t34-,35?,36?,37?,38-,40?,44-,45+,46+,48-/m0/s1. The minimum atomic E-state index is -0.801. The molecule has 7 rings (SSSR count). The van der Waals surface area contributed by atoms with Crippen LogP contribution >= 0.6 is 0 Å². The molecule has 0 aliphatic heterocycles. The molecule has 7 heteroatoms. The van der Waals surface area contributed by atoms with Gasteiger partial charge in [-0.2, -0.15) is 0 Å². The van der Waals surface area contributed by atoms with Crippen molar-refractivity contribution in [2.45, 2.75) is 157 Å². The predicted molar refractivity (Wildman–Crippen MR) is 218 cm³/mol. The van der Waals surface area contributed by atoms with E-state index in [2.05, 4.69) is 58.8 Å². The van der Waals surface area contributed by atoms with Crippen LogP contribution in [0.25, 0.3) is 0 Å². The molecular weight excluding hydrogens is 685 g/mol. The Balaban J connectivity index is 1.04. The first-order valence-electron chi connectivity index (χ1n) is 22.1. The number of benzene rings is 1. The highest BCUT2D eigenvalue weighted by Crippen LogP contribution is 2.77. The molecule has 0 spiro atoms. The summed E-state index contributed by atoms with van der Waals surface area (Å²) in [5.41, 5.74) is 2.61. The molecule has 1 aromatic rings. The molecule has 10 atom stereocenters. The fourth-order valence-electron chi connectivity index (χ4n) is 15.3. The summed E-state index contributed by atoms with van der Waals surface area (Å²) in [6, 6.07) is 7.68. The fourth-order valence-corrected chi connectivity index (χ4v) is 15.3. The van der Waals surface area contributed by atoms with Crippen molar-refractivity contribution in [1.29, 1.82) is 0 Å². The molecule has 2 amide bonds. The lowest BCUT2D eigenvalue weighted by Crippen LogP contribution is -2.67. The summed E-state index contributed by atoms with van der Waals surface area (Å²) in [6.07, 6.45) is 16.1. The van der Waals surface area contributed by atoms with E-state index in [1.807, 2.05) is 24.3 Å². The van der Waals surface area contributed by atoms with Crippen molar-refractivity contribution in [3.8, 4) is 0 Å². The summed E-state index contributed by atoms with van der Waals surface area (Å²) in [5, 5.41) is 27.2. The van der Waals surface area contributed by atoms with Gasteiger partial charge in [-0.3, -0.25) is 14.4 Å². The number of fused-ring (bicyclic) bond motifs is 7. The van der Waals surface area contributed by atoms with Gasteiger partial charge >= 0.3 is 5.97 Å². The maximum absolute atomic E-state index is 14.7. The van der Waals surface area contributed by atoms with Gasteiger partial charge in [-0.15, -0.1) is 0 Å². The third-order valence-electron chi connectivity index (χ3n) is 18.5. The lowest BCUT2D eigenvalue weighted by Gasteiger charge is -2.72. The van der Waals surface area contributed by atoms with Gasteiger partial charge in [-0.05, 0) is 165 Å². The van der Waals surface area contributed by atoms with E-state index in [4.69, 9.17) is 0 Å². The SMILES string of the molecule is C=C(C)[C@@H]1CC[C@]2(C(=O)NCCc3cccc(C(=O)NCC4(CC(=O)O)CCCCC4)c3)CC[C@]3(C)C(CCC4[C@@]5(C)CC[C@H](O)C(C)(C)C5CC[C@]43C)C12. The summed E-state index contributed by atoms with van der Waals surface area (Å²) in [7, 11) is 0. The molecule has 55 heavy (non-hydrogen) atoms. The highest BCUT2D eigenvalue weighted by molar-refractivity contribution is 5.94. The number of aliphatic hydroxyl groups is 1. The maximum Gasteiger partial charge on any atom is 0.303 e. The molecule has 304 valence electrons. The second kappa shape index (κ2) is 14.6. The molecule has 0 aromatic heterocycles. The largest absolute Gasteiger partial charge is 0.481 e. The first-order chi connectivity index (χ1) is 25.9. The van der Waals surface area contributed by atoms with Crippen LogP contribution in [0.15, 0.2) is 36.4 Å². The third-order valence-corrected chi connectivity index (χ3v) is 18.5. The van der Waals surface area contributed by atoms with E-state index >= 15 is 0 Å². The van der Waals surface area contributed by atoms with Crippen LogP contribution in [0.4, 0.5) is 0 Å². The Kier molecular flexibility index (Phi) is 10.8. The van der Waals surface area contributed by atoms with Crippen molar-refractivity contribution >= 4 is 17.8 Å². The van der Waals surface area contributed by atoms with Crippen LogP contribution < -0.4 is 10.6 Å². The van der Waals surface area contributed by atoms with E-state index < -0.39 is 5.97 Å². The molecule has 4 N–H and O–H groups in total. The van der Waals surface area contributed by atoms with Crippen molar-refractivity contribution < 1.29 is 24.6 Å². The second-order valence-electron chi connectivity index (χ2n) is 21.2. The molecule has 1 aromatic carbocycles. The zero-order chi connectivity index (χ0) is 39.6. The van der Waals surface area contributed by atoms with Crippen LogP contribution in [0.5, 0.6) is 0 Å². The van der Waals surface area contributed by atoms with Crippen LogP contribution in [-0.4, -0.2) is 47.2 Å². The topological polar surface area (TPSA) is 116 Å². The van der Waals surface area contributed by atoms with E-state index in [1.54, 1.807) is 0 Å². The van der Waals surface area contributed by atoms with Gasteiger partial charge in [0.15, 0.2) is 0 Å². The van der Waals surface area contributed by atoms with E-state index in [0.29, 0.717) is 54.7 Å². The zero-order valence-electron chi connectivity index (χ0n) is 35.0. The first kappa shape index (κ1) is 40.5. The number of rotatable bonds is 10. The normalized spacial score (nSPS) is 40.1. The minimum absolute atomic E-state index is 0.0581. The van der Waals surface area contributed by atoms with Crippen LogP contribution in [0.1, 0.15) is 160 Å². The fraction of sp³-hybridized carbons (Fsp3) is 0.771. The summed E-state index contributed by atoms with van der Waals surface area (Å²) >= 11 is 0. The molecule has 7 nitrogen and oxygen atoms in total. The van der Waals surface area contributed by atoms with Gasteiger partial charge in [-0.25, -0.2) is 0 Å². The number of carboxylic acid groups (broad SMARTS) is 1. The van der Waals surface area contributed by atoms with Crippen LogP contribution in [0.3, 0.4) is 0 Å². The number of hydrogen-bond acceptors (Lipinski definition) is 4. The molecule has 0 bridgehead atoms. The van der Waals surface area contributed by atoms with Crippen LogP contribution in [0, 0.1) is 62.1 Å². The van der Waals surface area contributed by atoms with Crippen molar-refractivity contribution in [2.24, 2.45) is 62.1 Å². The van der Waals surface area contributed by atoms with Gasteiger partial charge < -0.3 is 20.8 Å². The average molecular weight is 757 g/mol. The Morgan fingerprint density at radius 2 is 1.56 bits per heavy atom. The number of amides is 2. The van der Waals surface area contributed by atoms with Crippen molar-refractivity contribution in [2.75, 3.05) is 13.1 Å². The number of aliphatic hydroxyl groups excluding tert-OH is 1. The summed E-state index contributed by atoms with van der Waals surface area (Å²) in [4.78, 5) is 39.6. The lowest BCUT2D eigenvalue weighted by atomic mass is 9.32. The molecular formula is C48H72N2O5. The monoisotopic (exact) mass is 757 g/mol. The van der Waals surface area contributed by atoms with Gasteiger partial charge in [0, 0.05) is 18.7 Å². The average Bonchev–Trinajstić information content (AvgIpc) is 3.54. The quantitative estimate of drug-likeness (QED) is 0.178. The highest BCUT2D eigenvalue weighted by Gasteiger charge is 2.71. The summed E-state index contributed by atoms with van der Waals surface area (Å²) in [5.74, 6) is 1.58. The number of carboxylic acids is 1. The Bertz CT molecular complexity index is 1660. The van der Waals surface area contributed by atoms with Crippen LogP contribution in [-0.2, 0) is 16.0 Å². The van der Waals surface area contributed by atoms with Gasteiger partial charge in [0.2, 0.25) is 5.91 Å². The molecule has 0 saturated heterocycles. The van der Waals surface area contributed by atoms with Crippen molar-refractivity contribution in [3.63, 3.8) is 0 Å².